The molecule has 1 aromatic rings. The molecule has 2 heterocycles. The zero-order valence-electron chi connectivity index (χ0n) is 8.39. The Labute approximate surface area is 84.1 Å². The molecule has 1 aliphatic rings. The average molecular weight is 193 g/mol. The quantitative estimate of drug-likeness (QED) is 0.537. The second-order valence-corrected chi connectivity index (χ2v) is 2.96. The fraction of sp³-hybridized carbons (Fsp3) is 0.500. The molecule has 1 saturated heterocycles. The van der Waals surface area contributed by atoms with E-state index in [0.29, 0.717) is 6.10 Å². The van der Waals surface area contributed by atoms with Gasteiger partial charge in [-0.2, -0.15) is 0 Å². The van der Waals surface area contributed by atoms with Crippen LogP contribution in [0, 0.1) is 0 Å². The summed E-state index contributed by atoms with van der Waals surface area (Å²) in [5, 5.41) is 0. The van der Waals surface area contributed by atoms with Crippen LogP contribution in [0.25, 0.3) is 0 Å². The molecule has 0 amide bonds. The second-order valence-electron chi connectivity index (χ2n) is 2.96. The highest BCUT2D eigenvalue weighted by molar-refractivity contribution is 4.84. The number of aromatic nitrogens is 3. The summed E-state index contributed by atoms with van der Waals surface area (Å²) in [6.07, 6.45) is 7.19. The van der Waals surface area contributed by atoms with Gasteiger partial charge in [0.25, 0.3) is 0 Å². The summed E-state index contributed by atoms with van der Waals surface area (Å²) in [6, 6.07) is 0. The van der Waals surface area contributed by atoms with Gasteiger partial charge in [0.1, 0.15) is 18.5 Å². The van der Waals surface area contributed by atoms with E-state index >= 15 is 0 Å². The number of hydrogen-bond acceptors (Lipinski definition) is 4. The Kier molecular flexibility index (Phi) is 4.78. The first-order chi connectivity index (χ1) is 6.86. The topological polar surface area (TPSA) is 51.2 Å². The molecule has 14 heavy (non-hydrogen) atoms. The number of allylic oxidation sites excluding steroid dienone is 1. The molecule has 1 atom stereocenters. The summed E-state index contributed by atoms with van der Waals surface area (Å²) in [7, 11) is 0. The molecule has 1 fully saturated rings. The minimum absolute atomic E-state index is 0.465. The van der Waals surface area contributed by atoms with Gasteiger partial charge in [0.05, 0.1) is 12.7 Å². The maximum atomic E-state index is 5.06. The lowest BCUT2D eigenvalue weighted by atomic mass is 10.2. The minimum atomic E-state index is 0.465. The van der Waals surface area contributed by atoms with E-state index in [1.165, 1.54) is 12.7 Å². The predicted octanol–water partition coefficient (Wildman–Crippen LogP) is 1.40. The van der Waals surface area contributed by atoms with Gasteiger partial charge in [-0.25, -0.2) is 15.0 Å². The van der Waals surface area contributed by atoms with Crippen molar-refractivity contribution >= 4 is 0 Å². The van der Waals surface area contributed by atoms with Crippen LogP contribution in [0.1, 0.15) is 19.2 Å². The van der Waals surface area contributed by atoms with Crippen molar-refractivity contribution in [1.29, 1.82) is 0 Å². The third kappa shape index (κ3) is 4.67. The lowest BCUT2D eigenvalue weighted by Gasteiger charge is -1.93. The highest BCUT2D eigenvalue weighted by Crippen LogP contribution is 2.14. The third-order valence-corrected chi connectivity index (χ3v) is 1.64. The molecule has 4 nitrogen and oxygen atoms in total. The van der Waals surface area contributed by atoms with E-state index in [1.807, 2.05) is 6.92 Å². The Morgan fingerprint density at radius 2 is 2.14 bits per heavy atom. The summed E-state index contributed by atoms with van der Waals surface area (Å²) in [6.45, 7) is 6.16. The van der Waals surface area contributed by atoms with Gasteiger partial charge in [0, 0.05) is 6.42 Å². The monoisotopic (exact) mass is 193 g/mol. The molecular formula is C10H15N3O. The van der Waals surface area contributed by atoms with Gasteiger partial charge in [-0.15, -0.1) is 6.58 Å². The SMILES string of the molecule is C=CC.c1ncnc(CCC2CO2)n1. The minimum Gasteiger partial charge on any atom is -0.373 e. The van der Waals surface area contributed by atoms with E-state index in [9.17, 15) is 0 Å². The largest absolute Gasteiger partial charge is 0.373 e. The number of rotatable bonds is 3. The predicted molar refractivity (Wildman–Crippen MR) is 53.8 cm³/mol. The molecule has 76 valence electrons. The van der Waals surface area contributed by atoms with Gasteiger partial charge in [0.2, 0.25) is 0 Å². The van der Waals surface area contributed by atoms with Crippen LogP contribution in [0.4, 0.5) is 0 Å². The smallest absolute Gasteiger partial charge is 0.132 e. The van der Waals surface area contributed by atoms with E-state index in [-0.39, 0.29) is 0 Å². The van der Waals surface area contributed by atoms with Crippen LogP contribution in [0.2, 0.25) is 0 Å². The van der Waals surface area contributed by atoms with E-state index in [4.69, 9.17) is 4.74 Å². The third-order valence-electron chi connectivity index (χ3n) is 1.64. The Hall–Kier alpha value is -1.29. The summed E-state index contributed by atoms with van der Waals surface area (Å²) in [4.78, 5) is 11.7. The van der Waals surface area contributed by atoms with Gasteiger partial charge < -0.3 is 4.74 Å². The van der Waals surface area contributed by atoms with Gasteiger partial charge in [0.15, 0.2) is 0 Å². The molecule has 0 N–H and O–H groups in total. The molecule has 0 saturated carbocycles. The van der Waals surface area contributed by atoms with Gasteiger partial charge in [-0.1, -0.05) is 6.08 Å². The van der Waals surface area contributed by atoms with Crippen LogP contribution < -0.4 is 0 Å². The average Bonchev–Trinajstić information content (AvgIpc) is 3.01. The molecule has 0 radical (unpaired) electrons. The number of nitrogens with zero attached hydrogens (tertiary/aromatic N) is 3. The first-order valence-electron chi connectivity index (χ1n) is 4.66. The molecule has 0 aromatic carbocycles. The first kappa shape index (κ1) is 10.8. The summed E-state index contributed by atoms with van der Waals surface area (Å²) < 4.78 is 5.06. The molecule has 1 aromatic heterocycles. The molecule has 1 aliphatic heterocycles. The summed E-state index contributed by atoms with van der Waals surface area (Å²) in [5.74, 6) is 0.857. The van der Waals surface area contributed by atoms with E-state index in [1.54, 1.807) is 6.08 Å². The zero-order valence-corrected chi connectivity index (χ0v) is 8.39. The fourth-order valence-corrected chi connectivity index (χ4v) is 0.917. The molecule has 0 bridgehead atoms. The number of hydrogen-bond donors (Lipinski definition) is 0. The number of ether oxygens (including phenoxy) is 1. The van der Waals surface area contributed by atoms with Crippen molar-refractivity contribution in [3.8, 4) is 0 Å². The Bertz CT molecular complexity index is 259. The molecule has 4 heteroatoms. The number of epoxide rings is 1. The maximum absolute atomic E-state index is 5.06. The maximum Gasteiger partial charge on any atom is 0.132 e. The zero-order chi connectivity index (χ0) is 10.2. The van der Waals surface area contributed by atoms with Gasteiger partial charge in [-0.3, -0.25) is 0 Å². The van der Waals surface area contributed by atoms with Crippen LogP contribution in [-0.4, -0.2) is 27.7 Å². The standard InChI is InChI=1S/C7H9N3O.C3H6/c1(6-3-11-6)2-7-9-4-8-5-10-7;1-3-2/h4-6H,1-3H2;3H,1H2,2H3. The number of aryl methyl sites for hydroxylation is 1. The molecule has 0 spiro atoms. The van der Waals surface area contributed by atoms with Crippen LogP contribution in [0.15, 0.2) is 25.3 Å². The van der Waals surface area contributed by atoms with Crippen molar-refractivity contribution in [2.75, 3.05) is 6.61 Å². The lowest BCUT2D eigenvalue weighted by Crippen LogP contribution is -1.97. The highest BCUT2D eigenvalue weighted by Gasteiger charge is 2.21. The van der Waals surface area contributed by atoms with E-state index in [2.05, 4.69) is 21.5 Å². The Balaban J connectivity index is 0.000000293. The van der Waals surface area contributed by atoms with Crippen LogP contribution in [0.3, 0.4) is 0 Å². The molecule has 2 rings (SSSR count). The molecular weight excluding hydrogens is 178 g/mol. The Morgan fingerprint density at radius 3 is 2.64 bits per heavy atom. The summed E-state index contributed by atoms with van der Waals surface area (Å²) >= 11 is 0. The molecule has 1 unspecified atom stereocenters. The highest BCUT2D eigenvalue weighted by atomic mass is 16.6. The van der Waals surface area contributed by atoms with Crippen molar-refractivity contribution < 1.29 is 4.74 Å². The lowest BCUT2D eigenvalue weighted by molar-refractivity contribution is 0.395. The van der Waals surface area contributed by atoms with Crippen molar-refractivity contribution in [1.82, 2.24) is 15.0 Å². The van der Waals surface area contributed by atoms with E-state index in [0.717, 1.165) is 25.3 Å². The van der Waals surface area contributed by atoms with Gasteiger partial charge in [-0.05, 0) is 13.3 Å². The normalized spacial score (nSPS) is 17.9. The van der Waals surface area contributed by atoms with Crippen LogP contribution >= 0.6 is 0 Å². The van der Waals surface area contributed by atoms with Crippen LogP contribution in [-0.2, 0) is 11.2 Å². The Morgan fingerprint density at radius 1 is 1.57 bits per heavy atom. The van der Waals surface area contributed by atoms with E-state index < -0.39 is 0 Å². The molecule has 0 aliphatic carbocycles. The second kappa shape index (κ2) is 6.21. The van der Waals surface area contributed by atoms with Crippen molar-refractivity contribution in [2.45, 2.75) is 25.9 Å². The fourth-order valence-electron chi connectivity index (χ4n) is 0.917. The van der Waals surface area contributed by atoms with Gasteiger partial charge >= 0.3 is 0 Å². The first-order valence-corrected chi connectivity index (χ1v) is 4.66. The summed E-state index contributed by atoms with van der Waals surface area (Å²) in [5.41, 5.74) is 0. The van der Waals surface area contributed by atoms with Crippen LogP contribution in [0.5, 0.6) is 0 Å². The van der Waals surface area contributed by atoms with Crippen molar-refractivity contribution in [3.63, 3.8) is 0 Å². The van der Waals surface area contributed by atoms with Crippen molar-refractivity contribution in [3.05, 3.63) is 31.1 Å². The van der Waals surface area contributed by atoms with Crippen molar-refractivity contribution in [2.24, 2.45) is 0 Å².